The van der Waals surface area contributed by atoms with Crippen molar-refractivity contribution >= 4 is 5.91 Å². The summed E-state index contributed by atoms with van der Waals surface area (Å²) in [5.41, 5.74) is -0.0435. The number of nitrogens with zero attached hydrogens (tertiary/aromatic N) is 1. The molecule has 0 aromatic carbocycles. The van der Waals surface area contributed by atoms with Gasteiger partial charge in [0.1, 0.15) is 5.69 Å². The lowest BCUT2D eigenvalue weighted by molar-refractivity contribution is 0.0890. The number of amides is 1. The summed E-state index contributed by atoms with van der Waals surface area (Å²) < 4.78 is 0. The van der Waals surface area contributed by atoms with Gasteiger partial charge in [0.15, 0.2) is 0 Å². The monoisotopic (exact) mass is 207 g/mol. The molecule has 0 bridgehead atoms. The van der Waals surface area contributed by atoms with E-state index < -0.39 is 0 Å². The van der Waals surface area contributed by atoms with Crippen LogP contribution in [0.25, 0.3) is 0 Å². The van der Waals surface area contributed by atoms with Gasteiger partial charge in [0, 0.05) is 12.1 Å². The Hall–Kier alpha value is -1.65. The zero-order valence-corrected chi connectivity index (χ0v) is 8.49. The number of H-pyrrole nitrogens is 1. The Morgan fingerprint density at radius 1 is 1.53 bits per heavy atom. The second-order valence-corrected chi connectivity index (χ2v) is 4.05. The van der Waals surface area contributed by atoms with Crippen molar-refractivity contribution < 1.29 is 4.79 Å². The van der Waals surface area contributed by atoms with Crippen molar-refractivity contribution in [2.75, 3.05) is 0 Å². The van der Waals surface area contributed by atoms with Crippen LogP contribution in [-0.2, 0) is 0 Å². The number of hydrogen-bond acceptors (Lipinski definition) is 3. The highest BCUT2D eigenvalue weighted by atomic mass is 16.2. The van der Waals surface area contributed by atoms with Gasteiger partial charge >= 0.3 is 0 Å². The third-order valence-corrected chi connectivity index (χ3v) is 2.62. The molecule has 2 rings (SSSR count). The highest BCUT2D eigenvalue weighted by Gasteiger charge is 2.27. The Morgan fingerprint density at radius 3 is 2.80 bits per heavy atom. The highest BCUT2D eigenvalue weighted by Crippen LogP contribution is 2.26. The zero-order chi connectivity index (χ0) is 10.8. The van der Waals surface area contributed by atoms with E-state index in [9.17, 15) is 9.59 Å². The third-order valence-electron chi connectivity index (χ3n) is 2.62. The van der Waals surface area contributed by atoms with Crippen molar-refractivity contribution in [2.45, 2.75) is 25.8 Å². The Kier molecular flexibility index (Phi) is 2.53. The Balaban J connectivity index is 1.96. The molecule has 0 spiro atoms. The molecule has 1 amide bonds. The fourth-order valence-corrected chi connectivity index (χ4v) is 1.75. The number of nitrogens with one attached hydrogen (secondary N) is 2. The lowest BCUT2D eigenvalue weighted by Gasteiger charge is -2.32. The summed E-state index contributed by atoms with van der Waals surface area (Å²) in [4.78, 5) is 22.3. The van der Waals surface area contributed by atoms with Gasteiger partial charge in [-0.2, -0.15) is 5.10 Å². The van der Waals surface area contributed by atoms with Crippen molar-refractivity contribution in [3.05, 3.63) is 28.2 Å². The summed E-state index contributed by atoms with van der Waals surface area (Å²) in [7, 11) is 0. The average molecular weight is 207 g/mol. The molecule has 0 unspecified atom stereocenters. The Labute approximate surface area is 86.9 Å². The van der Waals surface area contributed by atoms with Crippen LogP contribution >= 0.6 is 0 Å². The minimum absolute atomic E-state index is 0.219. The molecule has 1 aliphatic rings. The fraction of sp³-hybridized carbons (Fsp3) is 0.500. The van der Waals surface area contributed by atoms with Gasteiger partial charge in [0.25, 0.3) is 11.5 Å². The van der Waals surface area contributed by atoms with E-state index in [2.05, 4.69) is 22.4 Å². The van der Waals surface area contributed by atoms with E-state index in [0.717, 1.165) is 12.8 Å². The first kappa shape index (κ1) is 9.89. The molecule has 0 atom stereocenters. The molecule has 80 valence electrons. The van der Waals surface area contributed by atoms with Gasteiger partial charge in [-0.15, -0.1) is 0 Å². The molecule has 15 heavy (non-hydrogen) atoms. The number of hydrogen-bond donors (Lipinski definition) is 2. The first-order chi connectivity index (χ1) is 7.15. The molecule has 1 heterocycles. The second-order valence-electron chi connectivity index (χ2n) is 4.05. The first-order valence-corrected chi connectivity index (χ1v) is 5.02. The summed E-state index contributed by atoms with van der Waals surface area (Å²) in [6.07, 6.45) is 2.05. The zero-order valence-electron chi connectivity index (χ0n) is 8.49. The van der Waals surface area contributed by atoms with Crippen LogP contribution < -0.4 is 10.9 Å². The van der Waals surface area contributed by atoms with E-state index in [0.29, 0.717) is 5.92 Å². The van der Waals surface area contributed by atoms with Crippen LogP contribution in [0.3, 0.4) is 0 Å². The van der Waals surface area contributed by atoms with Gasteiger partial charge < -0.3 is 5.32 Å². The minimum atomic E-state index is -0.302. The number of aromatic nitrogens is 2. The maximum Gasteiger partial charge on any atom is 0.271 e. The predicted octanol–water partition coefficient (Wildman–Crippen LogP) is 0.298. The molecule has 0 saturated heterocycles. The van der Waals surface area contributed by atoms with Crippen molar-refractivity contribution in [1.82, 2.24) is 15.5 Å². The van der Waals surface area contributed by atoms with Crippen LogP contribution in [0.15, 0.2) is 16.9 Å². The largest absolute Gasteiger partial charge is 0.348 e. The van der Waals surface area contributed by atoms with Crippen LogP contribution in [0, 0.1) is 5.92 Å². The first-order valence-electron chi connectivity index (χ1n) is 5.02. The van der Waals surface area contributed by atoms with E-state index in [1.165, 1.54) is 12.1 Å². The van der Waals surface area contributed by atoms with E-state index in [4.69, 9.17) is 0 Å². The molecule has 1 saturated carbocycles. The molecular weight excluding hydrogens is 194 g/mol. The summed E-state index contributed by atoms with van der Waals surface area (Å²) in [5.74, 6) is 0.474. The van der Waals surface area contributed by atoms with Crippen LogP contribution in [0.4, 0.5) is 0 Å². The molecule has 5 nitrogen and oxygen atoms in total. The topological polar surface area (TPSA) is 74.8 Å². The number of aromatic amines is 1. The normalized spacial score (nSPS) is 24.3. The van der Waals surface area contributed by atoms with Crippen molar-refractivity contribution in [1.29, 1.82) is 0 Å². The van der Waals surface area contributed by atoms with E-state index in [1.54, 1.807) is 0 Å². The molecule has 1 aliphatic carbocycles. The summed E-state index contributed by atoms with van der Waals surface area (Å²) in [6, 6.07) is 2.99. The summed E-state index contributed by atoms with van der Waals surface area (Å²) in [6.45, 7) is 2.15. The molecule has 5 heteroatoms. The van der Waals surface area contributed by atoms with Crippen LogP contribution in [0.1, 0.15) is 30.3 Å². The van der Waals surface area contributed by atoms with Crippen molar-refractivity contribution in [3.63, 3.8) is 0 Å². The second kappa shape index (κ2) is 3.84. The Morgan fingerprint density at radius 2 is 2.27 bits per heavy atom. The molecule has 2 N–H and O–H groups in total. The van der Waals surface area contributed by atoms with Crippen LogP contribution in [-0.4, -0.2) is 22.1 Å². The average Bonchev–Trinajstić information content (AvgIpc) is 2.16. The van der Waals surface area contributed by atoms with Gasteiger partial charge in [-0.1, -0.05) is 6.92 Å². The standard InChI is InChI=1S/C10H13N3O2/c1-6-4-7(5-6)11-10(15)8-2-3-9(14)13-12-8/h2-3,6-7H,4-5H2,1H3,(H,11,15)(H,13,14). The Bertz CT molecular complexity index is 400. The molecule has 0 aliphatic heterocycles. The molecular formula is C10H13N3O2. The lowest BCUT2D eigenvalue weighted by atomic mass is 9.82. The van der Waals surface area contributed by atoms with Gasteiger partial charge in [0.05, 0.1) is 0 Å². The van der Waals surface area contributed by atoms with Crippen LogP contribution in [0.5, 0.6) is 0 Å². The molecule has 1 aromatic rings. The number of carbonyl (C=O) groups is 1. The number of rotatable bonds is 2. The van der Waals surface area contributed by atoms with E-state index >= 15 is 0 Å². The third kappa shape index (κ3) is 2.23. The number of carbonyl (C=O) groups excluding carboxylic acids is 1. The fourth-order valence-electron chi connectivity index (χ4n) is 1.75. The summed E-state index contributed by atoms with van der Waals surface area (Å²) >= 11 is 0. The molecule has 1 aromatic heterocycles. The maximum atomic E-state index is 11.6. The summed E-state index contributed by atoms with van der Waals surface area (Å²) in [5, 5.41) is 8.75. The minimum Gasteiger partial charge on any atom is -0.348 e. The van der Waals surface area contributed by atoms with Gasteiger partial charge in [-0.3, -0.25) is 9.59 Å². The lowest BCUT2D eigenvalue weighted by Crippen LogP contribution is -2.43. The molecule has 0 radical (unpaired) electrons. The smallest absolute Gasteiger partial charge is 0.271 e. The van der Waals surface area contributed by atoms with Gasteiger partial charge in [0.2, 0.25) is 0 Å². The maximum absolute atomic E-state index is 11.6. The quantitative estimate of drug-likeness (QED) is 0.732. The van der Waals surface area contributed by atoms with E-state index in [1.807, 2.05) is 0 Å². The van der Waals surface area contributed by atoms with Crippen molar-refractivity contribution in [2.24, 2.45) is 5.92 Å². The predicted molar refractivity (Wildman–Crippen MR) is 54.5 cm³/mol. The van der Waals surface area contributed by atoms with E-state index in [-0.39, 0.29) is 23.2 Å². The van der Waals surface area contributed by atoms with Crippen molar-refractivity contribution in [3.8, 4) is 0 Å². The van der Waals surface area contributed by atoms with Gasteiger partial charge in [-0.25, -0.2) is 5.10 Å². The van der Waals surface area contributed by atoms with Gasteiger partial charge in [-0.05, 0) is 24.8 Å². The highest BCUT2D eigenvalue weighted by molar-refractivity contribution is 5.92. The SMILES string of the molecule is CC1CC(NC(=O)c2ccc(=O)[nH]n2)C1. The van der Waals surface area contributed by atoms with Crippen LogP contribution in [0.2, 0.25) is 0 Å². The molecule has 1 fully saturated rings.